The third-order valence-electron chi connectivity index (χ3n) is 2.93. The van der Waals surface area contributed by atoms with Crippen LogP contribution in [-0.4, -0.2) is 57.7 Å². The minimum absolute atomic E-state index is 0.000774. The summed E-state index contributed by atoms with van der Waals surface area (Å²) in [5.74, 6) is -0.00307. The molecule has 0 bridgehead atoms. The Labute approximate surface area is 112 Å². The Hall–Kier alpha value is -1.22. The fourth-order valence-corrected chi connectivity index (χ4v) is 3.05. The third-order valence-corrected chi connectivity index (χ3v) is 4.40. The summed E-state index contributed by atoms with van der Waals surface area (Å²) in [6, 6.07) is 2.97. The Morgan fingerprint density at radius 2 is 2.42 bits per heavy atom. The molecule has 1 unspecified atom stereocenters. The molecule has 3 N–H and O–H groups in total. The van der Waals surface area contributed by atoms with Crippen molar-refractivity contribution in [1.29, 1.82) is 0 Å². The van der Waals surface area contributed by atoms with Crippen LogP contribution >= 0.6 is 0 Å². The molecule has 0 amide bonds. The van der Waals surface area contributed by atoms with E-state index in [0.29, 0.717) is 13.2 Å². The summed E-state index contributed by atoms with van der Waals surface area (Å²) in [5.41, 5.74) is 5.57. The van der Waals surface area contributed by atoms with Gasteiger partial charge in [0.2, 0.25) is 10.0 Å². The van der Waals surface area contributed by atoms with Gasteiger partial charge in [-0.15, -0.1) is 0 Å². The molecule has 19 heavy (non-hydrogen) atoms. The van der Waals surface area contributed by atoms with Gasteiger partial charge in [-0.3, -0.25) is 0 Å². The number of sulfonamides is 1. The second-order valence-electron chi connectivity index (χ2n) is 4.49. The number of nitrogens with one attached hydrogen (secondary N) is 1. The van der Waals surface area contributed by atoms with E-state index in [9.17, 15) is 8.42 Å². The summed E-state index contributed by atoms with van der Waals surface area (Å²) in [6.07, 6.45) is 1.31. The van der Waals surface area contributed by atoms with Crippen LogP contribution in [0.15, 0.2) is 23.2 Å². The Balaban J connectivity index is 2.00. The zero-order valence-electron chi connectivity index (χ0n) is 10.7. The number of pyridine rings is 1. The molecule has 1 saturated heterocycles. The van der Waals surface area contributed by atoms with E-state index >= 15 is 0 Å². The van der Waals surface area contributed by atoms with E-state index in [0.717, 1.165) is 6.54 Å². The minimum Gasteiger partial charge on any atom is -0.383 e. The van der Waals surface area contributed by atoms with E-state index < -0.39 is 10.0 Å². The lowest BCUT2D eigenvalue weighted by Crippen LogP contribution is -2.45. The van der Waals surface area contributed by atoms with Crippen LogP contribution in [0.4, 0.5) is 5.82 Å². The number of aromatic nitrogens is 1. The van der Waals surface area contributed by atoms with Gasteiger partial charge in [0.15, 0.2) is 0 Å². The van der Waals surface area contributed by atoms with Crippen LogP contribution in [0.5, 0.6) is 0 Å². The maximum absolute atomic E-state index is 12.1. The van der Waals surface area contributed by atoms with E-state index in [1.807, 2.05) is 7.05 Å². The Bertz CT molecular complexity index is 534. The predicted molar refractivity (Wildman–Crippen MR) is 71.1 cm³/mol. The van der Waals surface area contributed by atoms with Crippen LogP contribution in [0.3, 0.4) is 0 Å². The lowest BCUT2D eigenvalue weighted by Gasteiger charge is -2.30. The van der Waals surface area contributed by atoms with Crippen molar-refractivity contribution in [2.45, 2.75) is 11.0 Å². The number of rotatable bonds is 4. The van der Waals surface area contributed by atoms with Crippen molar-refractivity contribution in [3.8, 4) is 0 Å². The van der Waals surface area contributed by atoms with Crippen molar-refractivity contribution >= 4 is 15.8 Å². The molecular weight excluding hydrogens is 268 g/mol. The maximum Gasteiger partial charge on any atom is 0.244 e. The van der Waals surface area contributed by atoms with E-state index in [-0.39, 0.29) is 23.4 Å². The van der Waals surface area contributed by atoms with E-state index in [1.54, 1.807) is 0 Å². The second-order valence-corrected chi connectivity index (χ2v) is 6.23. The highest BCUT2D eigenvalue weighted by Crippen LogP contribution is 2.14. The van der Waals surface area contributed by atoms with Crippen molar-refractivity contribution < 1.29 is 13.2 Å². The molecule has 2 heterocycles. The number of ether oxygens (including phenoxy) is 1. The second kappa shape index (κ2) is 5.83. The highest BCUT2D eigenvalue weighted by molar-refractivity contribution is 7.89. The molecule has 2 rings (SSSR count). The summed E-state index contributed by atoms with van der Waals surface area (Å²) in [5, 5.41) is 0. The first-order valence-electron chi connectivity index (χ1n) is 5.99. The first-order valence-corrected chi connectivity index (χ1v) is 7.47. The molecule has 0 spiro atoms. The fourth-order valence-electron chi connectivity index (χ4n) is 1.90. The summed E-state index contributed by atoms with van der Waals surface area (Å²) in [6.45, 7) is 2.39. The fraction of sp³-hybridized carbons (Fsp3) is 0.545. The van der Waals surface area contributed by atoms with E-state index in [4.69, 9.17) is 10.5 Å². The van der Waals surface area contributed by atoms with Crippen LogP contribution in [-0.2, 0) is 14.8 Å². The van der Waals surface area contributed by atoms with Gasteiger partial charge in [0.1, 0.15) is 10.7 Å². The lowest BCUT2D eigenvalue weighted by atomic mass is 10.3. The van der Waals surface area contributed by atoms with Crippen molar-refractivity contribution in [3.63, 3.8) is 0 Å². The monoisotopic (exact) mass is 286 g/mol. The maximum atomic E-state index is 12.1. The molecule has 7 nitrogen and oxygen atoms in total. The molecular formula is C11H18N4O3S. The van der Waals surface area contributed by atoms with Crippen molar-refractivity contribution in [3.05, 3.63) is 18.3 Å². The number of nitrogen functional groups attached to an aromatic ring is 1. The number of hydrogen-bond acceptors (Lipinski definition) is 6. The first kappa shape index (κ1) is 14.2. The van der Waals surface area contributed by atoms with E-state index in [1.165, 1.54) is 18.3 Å². The van der Waals surface area contributed by atoms with Crippen LogP contribution in [0.1, 0.15) is 0 Å². The Morgan fingerprint density at radius 1 is 1.63 bits per heavy atom. The normalized spacial score (nSPS) is 21.4. The van der Waals surface area contributed by atoms with Crippen molar-refractivity contribution in [1.82, 2.24) is 14.6 Å². The largest absolute Gasteiger partial charge is 0.383 e. The zero-order valence-corrected chi connectivity index (χ0v) is 11.6. The number of nitrogens with two attached hydrogens (primary N) is 1. The summed E-state index contributed by atoms with van der Waals surface area (Å²) < 4.78 is 32.2. The molecule has 1 aliphatic heterocycles. The van der Waals surface area contributed by atoms with Gasteiger partial charge in [0.25, 0.3) is 0 Å². The van der Waals surface area contributed by atoms with Crippen molar-refractivity contribution in [2.75, 3.05) is 39.0 Å². The molecule has 8 heteroatoms. The van der Waals surface area contributed by atoms with Crippen LogP contribution in [0, 0.1) is 0 Å². The van der Waals surface area contributed by atoms with Gasteiger partial charge in [0.05, 0.1) is 12.7 Å². The molecule has 0 radical (unpaired) electrons. The average Bonchev–Trinajstić information content (AvgIpc) is 2.37. The molecule has 0 aromatic carbocycles. The molecule has 1 aromatic heterocycles. The van der Waals surface area contributed by atoms with E-state index in [2.05, 4.69) is 14.6 Å². The van der Waals surface area contributed by atoms with Gasteiger partial charge >= 0.3 is 0 Å². The standard InChI is InChI=1S/C11H18N4O3S/c1-15-5-6-18-9(8-15)7-14-19(16,17)10-3-2-4-13-11(10)12/h2-4,9,14H,5-8H2,1H3,(H2,12,13). The molecule has 106 valence electrons. The van der Waals surface area contributed by atoms with Gasteiger partial charge in [0, 0.05) is 25.8 Å². The molecule has 1 atom stereocenters. The van der Waals surface area contributed by atoms with Gasteiger partial charge < -0.3 is 15.4 Å². The SMILES string of the molecule is CN1CCOC(CNS(=O)(=O)c2cccnc2N)C1. The Morgan fingerprint density at radius 3 is 3.11 bits per heavy atom. The molecule has 0 aliphatic carbocycles. The average molecular weight is 286 g/mol. The van der Waals surface area contributed by atoms with Crippen LogP contribution in [0.25, 0.3) is 0 Å². The lowest BCUT2D eigenvalue weighted by molar-refractivity contribution is -0.0156. The van der Waals surface area contributed by atoms with Crippen molar-refractivity contribution in [2.24, 2.45) is 0 Å². The highest BCUT2D eigenvalue weighted by atomic mass is 32.2. The number of hydrogen-bond donors (Lipinski definition) is 2. The molecule has 1 fully saturated rings. The van der Waals surface area contributed by atoms with Crippen LogP contribution in [0.2, 0.25) is 0 Å². The van der Waals surface area contributed by atoms with Gasteiger partial charge in [-0.25, -0.2) is 18.1 Å². The summed E-state index contributed by atoms with van der Waals surface area (Å²) in [7, 11) is -1.67. The number of anilines is 1. The molecule has 1 aromatic rings. The topological polar surface area (TPSA) is 97.5 Å². The quantitative estimate of drug-likeness (QED) is 0.757. The molecule has 0 saturated carbocycles. The zero-order chi connectivity index (χ0) is 13.9. The number of morpholine rings is 1. The van der Waals surface area contributed by atoms with Crippen LogP contribution < -0.4 is 10.5 Å². The van der Waals surface area contributed by atoms with Gasteiger partial charge in [-0.05, 0) is 19.2 Å². The highest BCUT2D eigenvalue weighted by Gasteiger charge is 2.22. The third kappa shape index (κ3) is 3.63. The minimum atomic E-state index is -3.64. The predicted octanol–water partition coefficient (Wildman–Crippen LogP) is -0.727. The van der Waals surface area contributed by atoms with Gasteiger partial charge in [-0.1, -0.05) is 0 Å². The smallest absolute Gasteiger partial charge is 0.244 e. The molecule has 1 aliphatic rings. The Kier molecular flexibility index (Phi) is 4.35. The summed E-state index contributed by atoms with van der Waals surface area (Å²) in [4.78, 5) is 5.87. The number of likely N-dealkylation sites (N-methyl/N-ethyl adjacent to an activating group) is 1. The number of nitrogens with zero attached hydrogens (tertiary/aromatic N) is 2. The van der Waals surface area contributed by atoms with Gasteiger partial charge in [-0.2, -0.15) is 0 Å². The summed E-state index contributed by atoms with van der Waals surface area (Å²) >= 11 is 0. The first-order chi connectivity index (χ1) is 8.99.